The van der Waals surface area contributed by atoms with Gasteiger partial charge in [-0.25, -0.2) is 4.57 Å². The lowest BCUT2D eigenvalue weighted by Crippen LogP contribution is -2.28. The number of aryl methyl sites for hydroxylation is 1. The van der Waals surface area contributed by atoms with Crippen LogP contribution in [0.25, 0.3) is 10.9 Å². The molecule has 0 bridgehead atoms. The largest absolute Gasteiger partial charge is 0.399 e. The predicted molar refractivity (Wildman–Crippen MR) is 142 cm³/mol. The minimum Gasteiger partial charge on any atom is -0.399 e. The quantitative estimate of drug-likeness (QED) is 0.0971. The van der Waals surface area contributed by atoms with Crippen LogP contribution in [0, 0.1) is 0 Å². The first-order valence-electron chi connectivity index (χ1n) is 10.9. The molecule has 9 heteroatoms. The molecule has 0 aliphatic rings. The van der Waals surface area contributed by atoms with Crippen LogP contribution in [0.3, 0.4) is 0 Å². The molecule has 0 aliphatic carbocycles. The van der Waals surface area contributed by atoms with Crippen LogP contribution in [0.5, 0.6) is 0 Å². The van der Waals surface area contributed by atoms with E-state index in [0.717, 1.165) is 27.8 Å². The number of nitrogens with one attached hydrogen (secondary N) is 2. The first-order valence-corrected chi connectivity index (χ1v) is 10.9. The molecule has 0 unspecified atom stereocenters. The number of hydrogen-bond donors (Lipinski definition) is 5. The Balaban J connectivity index is 1.44. The van der Waals surface area contributed by atoms with Crippen LogP contribution in [0.4, 0.5) is 22.7 Å². The van der Waals surface area contributed by atoms with Gasteiger partial charge in [-0.1, -0.05) is 12.1 Å². The zero-order chi connectivity index (χ0) is 24.9. The number of guanidine groups is 1. The van der Waals surface area contributed by atoms with E-state index in [1.807, 2.05) is 66.3 Å². The van der Waals surface area contributed by atoms with Crippen LogP contribution >= 0.6 is 0 Å². The number of rotatable bonds is 6. The Morgan fingerprint density at radius 2 is 1.51 bits per heavy atom. The molecule has 1 amide bonds. The number of carbonyl (C=O) groups excluding carboxylic acids is 1. The standard InChI is InChI=1S/C26H26N8O/c1-16(32-33-26(28)29)17-3-5-18(6-4-17)25(35)31-21-10-8-20(9-11-21)30-23-13-14-34(2)24-15-19(27)7-12-22(23)24/h3-15H,1-2H3,(H7,27,28,29,30,31,32,33,35)/p+1. The molecule has 0 spiro atoms. The molecule has 0 saturated carbocycles. The summed E-state index contributed by atoms with van der Waals surface area (Å²) in [6.07, 6.45) is 1.98. The van der Waals surface area contributed by atoms with E-state index in [4.69, 9.17) is 17.2 Å². The minimum absolute atomic E-state index is 0.113. The number of nitrogens with two attached hydrogens (primary N) is 3. The highest BCUT2D eigenvalue weighted by Gasteiger charge is 2.11. The van der Waals surface area contributed by atoms with Crippen molar-refractivity contribution < 1.29 is 9.36 Å². The van der Waals surface area contributed by atoms with E-state index in [0.29, 0.717) is 22.6 Å². The van der Waals surface area contributed by atoms with Gasteiger partial charge in [0.05, 0.1) is 16.8 Å². The van der Waals surface area contributed by atoms with Gasteiger partial charge in [-0.15, -0.1) is 5.10 Å². The van der Waals surface area contributed by atoms with E-state index in [1.165, 1.54) is 0 Å². The van der Waals surface area contributed by atoms with Crippen molar-refractivity contribution in [3.8, 4) is 0 Å². The van der Waals surface area contributed by atoms with Crippen LogP contribution in [-0.4, -0.2) is 17.6 Å². The Morgan fingerprint density at radius 1 is 0.857 bits per heavy atom. The average Bonchev–Trinajstić information content (AvgIpc) is 2.85. The Labute approximate surface area is 203 Å². The fourth-order valence-electron chi connectivity index (χ4n) is 3.58. The SMILES string of the molecule is C/C(=N\N=C(N)N)c1ccc(C(=O)Nc2ccc(Nc3cc[n+](C)c4cc(N)ccc34)cc2)cc1. The summed E-state index contributed by atoms with van der Waals surface area (Å²) in [7, 11) is 1.98. The monoisotopic (exact) mass is 467 g/mol. The van der Waals surface area contributed by atoms with E-state index in [9.17, 15) is 4.79 Å². The average molecular weight is 468 g/mol. The fraction of sp³-hybridized carbons (Fsp3) is 0.0769. The Morgan fingerprint density at radius 3 is 2.20 bits per heavy atom. The maximum atomic E-state index is 12.7. The summed E-state index contributed by atoms with van der Waals surface area (Å²) >= 11 is 0. The molecule has 0 fully saturated rings. The van der Waals surface area contributed by atoms with Crippen molar-refractivity contribution in [1.82, 2.24) is 0 Å². The van der Waals surface area contributed by atoms with E-state index < -0.39 is 0 Å². The second-order valence-electron chi connectivity index (χ2n) is 8.06. The molecule has 1 aromatic heterocycles. The van der Waals surface area contributed by atoms with Crippen molar-refractivity contribution in [2.24, 2.45) is 28.7 Å². The lowest BCUT2D eigenvalue weighted by Gasteiger charge is -2.11. The summed E-state index contributed by atoms with van der Waals surface area (Å²) in [5.74, 6) is -0.326. The van der Waals surface area contributed by atoms with Crippen LogP contribution in [0.1, 0.15) is 22.8 Å². The van der Waals surface area contributed by atoms with Gasteiger partial charge in [0, 0.05) is 34.8 Å². The second kappa shape index (κ2) is 9.92. The van der Waals surface area contributed by atoms with E-state index in [-0.39, 0.29) is 11.9 Å². The number of amides is 1. The van der Waals surface area contributed by atoms with Gasteiger partial charge in [0.2, 0.25) is 11.5 Å². The maximum Gasteiger partial charge on any atom is 0.255 e. The highest BCUT2D eigenvalue weighted by Crippen LogP contribution is 2.26. The number of fused-ring (bicyclic) bond motifs is 1. The Bertz CT molecular complexity index is 1440. The van der Waals surface area contributed by atoms with Crippen molar-refractivity contribution in [1.29, 1.82) is 0 Å². The van der Waals surface area contributed by atoms with Crippen molar-refractivity contribution in [2.75, 3.05) is 16.4 Å². The van der Waals surface area contributed by atoms with Crippen LogP contribution < -0.4 is 32.4 Å². The summed E-state index contributed by atoms with van der Waals surface area (Å²) in [5, 5.41) is 15.0. The summed E-state index contributed by atoms with van der Waals surface area (Å²) in [5.41, 5.74) is 22.8. The number of aromatic nitrogens is 1. The third-order valence-electron chi connectivity index (χ3n) is 5.46. The molecule has 0 aliphatic heterocycles. The van der Waals surface area contributed by atoms with Gasteiger partial charge in [-0.2, -0.15) is 5.10 Å². The first kappa shape index (κ1) is 23.2. The van der Waals surface area contributed by atoms with E-state index in [2.05, 4.69) is 20.8 Å². The van der Waals surface area contributed by atoms with Gasteiger partial charge < -0.3 is 27.8 Å². The molecular weight excluding hydrogens is 440 g/mol. The third-order valence-corrected chi connectivity index (χ3v) is 5.46. The number of anilines is 4. The van der Waals surface area contributed by atoms with Crippen molar-refractivity contribution in [2.45, 2.75) is 6.92 Å². The molecule has 0 atom stereocenters. The summed E-state index contributed by atoms with van der Waals surface area (Å²) < 4.78 is 2.03. The zero-order valence-electron chi connectivity index (χ0n) is 19.5. The van der Waals surface area contributed by atoms with Gasteiger partial charge >= 0.3 is 0 Å². The summed E-state index contributed by atoms with van der Waals surface area (Å²) in [6, 6.07) is 22.4. The van der Waals surface area contributed by atoms with Gasteiger partial charge in [0.25, 0.3) is 5.91 Å². The van der Waals surface area contributed by atoms with Gasteiger partial charge in [-0.3, -0.25) is 4.79 Å². The molecular formula is C26H27N8O+. The van der Waals surface area contributed by atoms with E-state index in [1.54, 1.807) is 31.2 Å². The number of benzene rings is 3. The van der Waals surface area contributed by atoms with E-state index >= 15 is 0 Å². The maximum absolute atomic E-state index is 12.7. The molecule has 176 valence electrons. The topological polar surface area (TPSA) is 148 Å². The van der Waals surface area contributed by atoms with Crippen LogP contribution in [-0.2, 0) is 7.05 Å². The van der Waals surface area contributed by atoms with Crippen molar-refractivity contribution in [3.63, 3.8) is 0 Å². The smallest absolute Gasteiger partial charge is 0.255 e. The Kier molecular flexibility index (Phi) is 6.59. The minimum atomic E-state index is -0.213. The number of nitrogens with zero attached hydrogens (tertiary/aromatic N) is 3. The van der Waals surface area contributed by atoms with Crippen LogP contribution in [0.15, 0.2) is 89.2 Å². The second-order valence-corrected chi connectivity index (χ2v) is 8.06. The summed E-state index contributed by atoms with van der Waals surface area (Å²) in [4.78, 5) is 12.7. The highest BCUT2D eigenvalue weighted by atomic mass is 16.1. The van der Waals surface area contributed by atoms with Gasteiger partial charge in [0.1, 0.15) is 7.05 Å². The van der Waals surface area contributed by atoms with Crippen molar-refractivity contribution >= 4 is 51.2 Å². The van der Waals surface area contributed by atoms with Gasteiger partial charge in [0.15, 0.2) is 6.20 Å². The molecule has 35 heavy (non-hydrogen) atoms. The molecule has 3 aromatic carbocycles. The Hall–Kier alpha value is -4.92. The molecule has 1 heterocycles. The van der Waals surface area contributed by atoms with Crippen molar-refractivity contribution in [3.05, 3.63) is 90.1 Å². The summed E-state index contributed by atoms with van der Waals surface area (Å²) in [6.45, 7) is 1.78. The first-order chi connectivity index (χ1) is 16.8. The normalized spacial score (nSPS) is 11.2. The predicted octanol–water partition coefficient (Wildman–Crippen LogP) is 3.24. The third kappa shape index (κ3) is 5.53. The molecule has 4 aromatic rings. The zero-order valence-corrected chi connectivity index (χ0v) is 19.5. The number of pyridine rings is 1. The molecule has 4 rings (SSSR count). The fourth-order valence-corrected chi connectivity index (χ4v) is 3.58. The molecule has 9 nitrogen and oxygen atoms in total. The number of carbonyl (C=O) groups is 1. The highest BCUT2D eigenvalue weighted by molar-refractivity contribution is 6.05. The lowest BCUT2D eigenvalue weighted by molar-refractivity contribution is -0.644. The molecule has 0 radical (unpaired) electrons. The molecule has 8 N–H and O–H groups in total. The lowest BCUT2D eigenvalue weighted by atomic mass is 10.1. The number of hydrogen-bond acceptors (Lipinski definition) is 5. The van der Waals surface area contributed by atoms with Gasteiger partial charge in [-0.05, 0) is 61.0 Å². The number of nitrogen functional groups attached to an aromatic ring is 1. The van der Waals surface area contributed by atoms with Crippen LogP contribution in [0.2, 0.25) is 0 Å². The molecule has 0 saturated heterocycles.